The smallest absolute Gasteiger partial charge is 0.322 e. The zero-order valence-electron chi connectivity index (χ0n) is 9.57. The molecule has 0 aromatic heterocycles. The van der Waals surface area contributed by atoms with Crippen molar-refractivity contribution in [2.24, 2.45) is 0 Å². The fourth-order valence-electron chi connectivity index (χ4n) is 1.16. The van der Waals surface area contributed by atoms with Gasteiger partial charge < -0.3 is 15.7 Å². The molecule has 0 saturated heterocycles. The average molecular weight is 289 g/mol. The third-order valence-electron chi connectivity index (χ3n) is 2.02. The van der Waals surface area contributed by atoms with Crippen LogP contribution >= 0.6 is 11.6 Å². The van der Waals surface area contributed by atoms with Crippen LogP contribution in [-0.2, 0) is 9.59 Å². The minimum Gasteiger partial charge on any atom is -0.480 e. The molecule has 0 fully saturated rings. The molecule has 0 atom stereocenters. The van der Waals surface area contributed by atoms with Crippen molar-refractivity contribution in [2.45, 2.75) is 0 Å². The van der Waals surface area contributed by atoms with Gasteiger partial charge in [0.25, 0.3) is 5.91 Å². The molecule has 0 saturated carbocycles. The molecule has 19 heavy (non-hydrogen) atoms. The van der Waals surface area contributed by atoms with Crippen LogP contribution in [0.5, 0.6) is 0 Å². The van der Waals surface area contributed by atoms with Crippen molar-refractivity contribution in [3.05, 3.63) is 34.6 Å². The number of carbonyl (C=O) groups is 3. The molecule has 0 heterocycles. The van der Waals surface area contributed by atoms with Crippen LogP contribution in [0.15, 0.2) is 18.2 Å². The Labute approximate surface area is 112 Å². The molecule has 0 aliphatic heterocycles. The van der Waals surface area contributed by atoms with Gasteiger partial charge in [-0.05, 0) is 18.2 Å². The van der Waals surface area contributed by atoms with Crippen molar-refractivity contribution in [2.75, 3.05) is 13.1 Å². The Hall–Kier alpha value is -2.15. The monoisotopic (exact) mass is 288 g/mol. The minimum atomic E-state index is -1.21. The molecule has 1 aromatic carbocycles. The molecule has 0 bridgehead atoms. The van der Waals surface area contributed by atoms with Gasteiger partial charge in [-0.2, -0.15) is 0 Å². The molecule has 0 aliphatic carbocycles. The maximum atomic E-state index is 13.3. The van der Waals surface area contributed by atoms with E-state index in [0.717, 1.165) is 12.1 Å². The van der Waals surface area contributed by atoms with E-state index in [1.165, 1.54) is 6.07 Å². The minimum absolute atomic E-state index is 0.182. The number of halogens is 2. The van der Waals surface area contributed by atoms with E-state index in [4.69, 9.17) is 16.7 Å². The van der Waals surface area contributed by atoms with Crippen LogP contribution in [0.4, 0.5) is 4.39 Å². The maximum absolute atomic E-state index is 13.3. The topological polar surface area (TPSA) is 95.5 Å². The van der Waals surface area contributed by atoms with Crippen molar-refractivity contribution in [3.8, 4) is 0 Å². The fourth-order valence-corrected chi connectivity index (χ4v) is 1.34. The van der Waals surface area contributed by atoms with E-state index in [1.54, 1.807) is 0 Å². The third kappa shape index (κ3) is 4.92. The molecule has 2 amide bonds. The van der Waals surface area contributed by atoms with Crippen LogP contribution in [-0.4, -0.2) is 36.0 Å². The number of carbonyl (C=O) groups excluding carboxylic acids is 2. The van der Waals surface area contributed by atoms with Gasteiger partial charge in [0.05, 0.1) is 12.1 Å². The Kier molecular flexibility index (Phi) is 5.25. The third-order valence-corrected chi connectivity index (χ3v) is 2.25. The van der Waals surface area contributed by atoms with Crippen molar-refractivity contribution < 1.29 is 23.9 Å². The number of hydrogen-bond acceptors (Lipinski definition) is 3. The summed E-state index contributed by atoms with van der Waals surface area (Å²) in [6, 6.07) is 3.44. The van der Waals surface area contributed by atoms with Crippen molar-refractivity contribution >= 4 is 29.4 Å². The summed E-state index contributed by atoms with van der Waals surface area (Å²) in [6.45, 7) is -1.02. The standard InChI is InChI=1S/C11H10ClFN2O4/c12-6-1-2-8(13)7(3-6)11(19)15-4-9(16)14-5-10(17)18/h1-3H,4-5H2,(H,14,16)(H,15,19)(H,17,18). The largest absolute Gasteiger partial charge is 0.480 e. The number of benzene rings is 1. The van der Waals surface area contributed by atoms with Gasteiger partial charge in [-0.3, -0.25) is 14.4 Å². The summed E-state index contributed by atoms with van der Waals surface area (Å²) in [5, 5.41) is 12.7. The Morgan fingerprint density at radius 1 is 1.21 bits per heavy atom. The summed E-state index contributed by atoms with van der Waals surface area (Å²) in [5.74, 6) is -3.49. The lowest BCUT2D eigenvalue weighted by Crippen LogP contribution is -2.39. The lowest BCUT2D eigenvalue weighted by atomic mass is 10.2. The quantitative estimate of drug-likeness (QED) is 0.731. The first-order valence-corrected chi connectivity index (χ1v) is 5.49. The zero-order chi connectivity index (χ0) is 14.4. The van der Waals surface area contributed by atoms with Crippen molar-refractivity contribution in [1.82, 2.24) is 10.6 Å². The second-order valence-corrected chi connectivity index (χ2v) is 3.91. The summed E-state index contributed by atoms with van der Waals surface area (Å²) in [4.78, 5) is 32.9. The number of nitrogens with one attached hydrogen (secondary N) is 2. The van der Waals surface area contributed by atoms with Gasteiger partial charge in [0.15, 0.2) is 0 Å². The lowest BCUT2D eigenvalue weighted by Gasteiger charge is -2.06. The van der Waals surface area contributed by atoms with E-state index in [-0.39, 0.29) is 10.6 Å². The second-order valence-electron chi connectivity index (χ2n) is 3.48. The second kappa shape index (κ2) is 6.69. The maximum Gasteiger partial charge on any atom is 0.322 e. The molecular formula is C11H10ClFN2O4. The molecule has 0 aliphatic rings. The molecular weight excluding hydrogens is 279 g/mol. The first kappa shape index (κ1) is 14.9. The Bertz CT molecular complexity index is 521. The van der Waals surface area contributed by atoms with Gasteiger partial charge in [-0.25, -0.2) is 4.39 Å². The van der Waals surface area contributed by atoms with Gasteiger partial charge in [-0.15, -0.1) is 0 Å². The molecule has 102 valence electrons. The first-order chi connectivity index (χ1) is 8.90. The van der Waals surface area contributed by atoms with E-state index in [2.05, 4.69) is 5.32 Å². The highest BCUT2D eigenvalue weighted by Crippen LogP contribution is 2.14. The van der Waals surface area contributed by atoms with Gasteiger partial charge in [0.2, 0.25) is 5.91 Å². The van der Waals surface area contributed by atoms with Crippen LogP contribution in [0, 0.1) is 5.82 Å². The summed E-state index contributed by atoms with van der Waals surface area (Å²) in [6.07, 6.45) is 0. The molecule has 6 nitrogen and oxygen atoms in total. The van der Waals surface area contributed by atoms with E-state index in [0.29, 0.717) is 0 Å². The van der Waals surface area contributed by atoms with E-state index in [9.17, 15) is 18.8 Å². The number of hydrogen-bond donors (Lipinski definition) is 3. The van der Waals surface area contributed by atoms with Crippen LogP contribution in [0.25, 0.3) is 0 Å². The SMILES string of the molecule is O=C(O)CNC(=O)CNC(=O)c1cc(Cl)ccc1F. The Morgan fingerprint density at radius 2 is 1.89 bits per heavy atom. The van der Waals surface area contributed by atoms with Crippen LogP contribution in [0.1, 0.15) is 10.4 Å². The van der Waals surface area contributed by atoms with Gasteiger partial charge in [-0.1, -0.05) is 11.6 Å². The zero-order valence-corrected chi connectivity index (χ0v) is 10.3. The molecule has 0 spiro atoms. The molecule has 1 aromatic rings. The van der Waals surface area contributed by atoms with Crippen LogP contribution in [0.2, 0.25) is 5.02 Å². The highest BCUT2D eigenvalue weighted by atomic mass is 35.5. The van der Waals surface area contributed by atoms with Crippen LogP contribution < -0.4 is 10.6 Å². The lowest BCUT2D eigenvalue weighted by molar-refractivity contribution is -0.137. The molecule has 3 N–H and O–H groups in total. The number of carboxylic acids is 1. The number of rotatable bonds is 5. The predicted octanol–water partition coefficient (Wildman–Crippen LogP) is 0.410. The van der Waals surface area contributed by atoms with Gasteiger partial charge >= 0.3 is 5.97 Å². The van der Waals surface area contributed by atoms with Gasteiger partial charge in [0.1, 0.15) is 12.4 Å². The Morgan fingerprint density at radius 3 is 2.53 bits per heavy atom. The molecule has 0 radical (unpaired) electrons. The highest BCUT2D eigenvalue weighted by molar-refractivity contribution is 6.31. The summed E-state index contributed by atoms with van der Waals surface area (Å²) in [5.41, 5.74) is -0.293. The fraction of sp³-hybridized carbons (Fsp3) is 0.182. The van der Waals surface area contributed by atoms with Gasteiger partial charge in [0, 0.05) is 5.02 Å². The molecule has 0 unspecified atom stereocenters. The number of aliphatic carboxylic acids is 1. The van der Waals surface area contributed by atoms with E-state index < -0.39 is 36.7 Å². The summed E-state index contributed by atoms with van der Waals surface area (Å²) in [7, 11) is 0. The van der Waals surface area contributed by atoms with Crippen LogP contribution in [0.3, 0.4) is 0 Å². The number of carboxylic acid groups (broad SMARTS) is 1. The highest BCUT2D eigenvalue weighted by Gasteiger charge is 2.13. The van der Waals surface area contributed by atoms with Crippen molar-refractivity contribution in [3.63, 3.8) is 0 Å². The summed E-state index contributed by atoms with van der Waals surface area (Å²) >= 11 is 5.62. The van der Waals surface area contributed by atoms with E-state index >= 15 is 0 Å². The molecule has 8 heteroatoms. The predicted molar refractivity (Wildman–Crippen MR) is 64.4 cm³/mol. The normalized spacial score (nSPS) is 9.79. The average Bonchev–Trinajstić information content (AvgIpc) is 2.36. The first-order valence-electron chi connectivity index (χ1n) is 5.12. The summed E-state index contributed by atoms with van der Waals surface area (Å²) < 4.78 is 13.3. The van der Waals surface area contributed by atoms with E-state index in [1.807, 2.05) is 5.32 Å². The molecule has 1 rings (SSSR count). The Balaban J connectivity index is 2.53. The van der Waals surface area contributed by atoms with Crippen molar-refractivity contribution in [1.29, 1.82) is 0 Å². The number of amides is 2.